The van der Waals surface area contributed by atoms with E-state index in [1.165, 1.54) is 36.4 Å². The molecule has 0 aliphatic carbocycles. The number of phenolic OH excluding ortho intramolecular Hbond substituents is 1. The lowest BCUT2D eigenvalue weighted by molar-refractivity contribution is -0.384. The molecule has 2 N–H and O–H groups in total. The molecular weight excluding hydrogens is 364 g/mol. The van der Waals surface area contributed by atoms with Crippen molar-refractivity contribution in [3.63, 3.8) is 0 Å². The summed E-state index contributed by atoms with van der Waals surface area (Å²) in [6, 6.07) is 8.25. The molecule has 21 heavy (non-hydrogen) atoms. The Labute approximate surface area is 132 Å². The lowest BCUT2D eigenvalue weighted by Gasteiger charge is -2.09. The fourth-order valence-corrected chi connectivity index (χ4v) is 2.28. The highest BCUT2D eigenvalue weighted by atomic mass is 79.9. The van der Waals surface area contributed by atoms with E-state index in [1.54, 1.807) is 0 Å². The number of carbonyl (C=O) groups excluding carboxylic acids is 1. The molecule has 0 spiro atoms. The fourth-order valence-electron chi connectivity index (χ4n) is 1.60. The molecule has 0 heterocycles. The minimum Gasteiger partial charge on any atom is -0.506 e. The maximum atomic E-state index is 12.1. The molecular formula is C13H8BrClN2O4. The Balaban J connectivity index is 2.28. The number of hydrogen-bond donors (Lipinski definition) is 2. The minimum atomic E-state index is -0.539. The number of halogens is 2. The molecule has 0 fully saturated rings. The van der Waals surface area contributed by atoms with Gasteiger partial charge in [-0.05, 0) is 34.1 Å². The van der Waals surface area contributed by atoms with Crippen molar-refractivity contribution < 1.29 is 14.8 Å². The number of carbonyl (C=O) groups is 1. The highest BCUT2D eigenvalue weighted by molar-refractivity contribution is 9.10. The Hall–Kier alpha value is -2.12. The Morgan fingerprint density at radius 3 is 2.67 bits per heavy atom. The van der Waals surface area contributed by atoms with Crippen LogP contribution < -0.4 is 5.32 Å². The van der Waals surface area contributed by atoms with Gasteiger partial charge in [0.25, 0.3) is 11.6 Å². The largest absolute Gasteiger partial charge is 0.506 e. The first-order valence-corrected chi connectivity index (χ1v) is 6.80. The molecule has 0 saturated carbocycles. The average molecular weight is 372 g/mol. The number of amides is 1. The lowest BCUT2D eigenvalue weighted by atomic mass is 10.2. The Morgan fingerprint density at radius 2 is 2.05 bits per heavy atom. The number of aromatic hydroxyl groups is 1. The van der Waals surface area contributed by atoms with E-state index in [0.717, 1.165) is 0 Å². The zero-order valence-electron chi connectivity index (χ0n) is 10.3. The minimum absolute atomic E-state index is 0.0620. The summed E-state index contributed by atoms with van der Waals surface area (Å²) in [7, 11) is 0. The molecule has 0 aliphatic heterocycles. The molecule has 2 aromatic rings. The molecule has 0 saturated heterocycles. The molecule has 0 bridgehead atoms. The molecule has 0 atom stereocenters. The predicted molar refractivity (Wildman–Crippen MR) is 81.9 cm³/mol. The van der Waals surface area contributed by atoms with Crippen LogP contribution in [0.5, 0.6) is 5.75 Å². The van der Waals surface area contributed by atoms with Crippen molar-refractivity contribution >= 4 is 44.8 Å². The van der Waals surface area contributed by atoms with Gasteiger partial charge in [0.05, 0.1) is 21.2 Å². The van der Waals surface area contributed by atoms with Crippen molar-refractivity contribution in [2.75, 3.05) is 5.32 Å². The van der Waals surface area contributed by atoms with E-state index in [4.69, 9.17) is 11.6 Å². The summed E-state index contributed by atoms with van der Waals surface area (Å²) < 4.78 is 0.362. The van der Waals surface area contributed by atoms with Gasteiger partial charge in [0, 0.05) is 16.6 Å². The van der Waals surface area contributed by atoms with Crippen LogP contribution in [0.25, 0.3) is 0 Å². The van der Waals surface area contributed by atoms with E-state index in [1.807, 2.05) is 0 Å². The van der Waals surface area contributed by atoms with Crippen LogP contribution in [0.4, 0.5) is 11.4 Å². The second-order valence-electron chi connectivity index (χ2n) is 4.01. The molecule has 2 rings (SSSR count). The summed E-state index contributed by atoms with van der Waals surface area (Å²) in [6.45, 7) is 0. The van der Waals surface area contributed by atoms with Gasteiger partial charge in [-0.25, -0.2) is 0 Å². The Bertz CT molecular complexity index is 736. The van der Waals surface area contributed by atoms with E-state index < -0.39 is 10.8 Å². The van der Waals surface area contributed by atoms with Gasteiger partial charge in [0.15, 0.2) is 0 Å². The molecule has 0 radical (unpaired) electrons. The Morgan fingerprint density at radius 1 is 1.33 bits per heavy atom. The first-order chi connectivity index (χ1) is 9.90. The van der Waals surface area contributed by atoms with Gasteiger partial charge in [0.2, 0.25) is 0 Å². The van der Waals surface area contributed by atoms with Gasteiger partial charge in [-0.3, -0.25) is 14.9 Å². The molecule has 0 unspecified atom stereocenters. The highest BCUT2D eigenvalue weighted by Crippen LogP contribution is 2.30. The third-order valence-electron chi connectivity index (χ3n) is 2.63. The SMILES string of the molecule is O=C(Nc1ccc([N+](=O)[O-])cc1Br)c1cccc(O)c1Cl. The molecule has 0 aromatic heterocycles. The fraction of sp³-hybridized carbons (Fsp3) is 0. The molecule has 108 valence electrons. The van der Waals surface area contributed by atoms with E-state index in [2.05, 4.69) is 21.2 Å². The van der Waals surface area contributed by atoms with Crippen molar-refractivity contribution in [1.29, 1.82) is 0 Å². The van der Waals surface area contributed by atoms with Gasteiger partial charge >= 0.3 is 0 Å². The quantitative estimate of drug-likeness (QED) is 0.631. The number of nitrogens with one attached hydrogen (secondary N) is 1. The summed E-state index contributed by atoms with van der Waals surface area (Å²) in [4.78, 5) is 22.2. The summed E-state index contributed by atoms with van der Waals surface area (Å²) in [6.07, 6.45) is 0. The third-order valence-corrected chi connectivity index (χ3v) is 3.69. The number of nitro benzene ring substituents is 1. The number of nitrogens with zero attached hydrogens (tertiary/aromatic N) is 1. The number of hydrogen-bond acceptors (Lipinski definition) is 4. The zero-order valence-corrected chi connectivity index (χ0v) is 12.7. The van der Waals surface area contributed by atoms with Crippen LogP contribution in [-0.4, -0.2) is 15.9 Å². The summed E-state index contributed by atoms with van der Waals surface area (Å²) in [5, 5.41) is 22.6. The van der Waals surface area contributed by atoms with Crippen molar-refractivity contribution in [2.24, 2.45) is 0 Å². The van der Waals surface area contributed by atoms with Crippen LogP contribution in [0.2, 0.25) is 5.02 Å². The number of nitro groups is 1. The number of rotatable bonds is 3. The first kappa shape index (κ1) is 15.3. The topological polar surface area (TPSA) is 92.5 Å². The normalized spacial score (nSPS) is 10.2. The maximum absolute atomic E-state index is 12.1. The van der Waals surface area contributed by atoms with Crippen LogP contribution in [0.3, 0.4) is 0 Å². The Kier molecular flexibility index (Phi) is 4.44. The van der Waals surface area contributed by atoms with Crippen LogP contribution in [0.15, 0.2) is 40.9 Å². The maximum Gasteiger partial charge on any atom is 0.270 e. The molecule has 8 heteroatoms. The van der Waals surface area contributed by atoms with Gasteiger partial charge in [-0.15, -0.1) is 0 Å². The van der Waals surface area contributed by atoms with Crippen LogP contribution in [0.1, 0.15) is 10.4 Å². The van der Waals surface area contributed by atoms with Crippen molar-refractivity contribution in [3.05, 3.63) is 61.6 Å². The smallest absolute Gasteiger partial charge is 0.270 e. The molecule has 1 amide bonds. The number of non-ortho nitro benzene ring substituents is 1. The number of anilines is 1. The second kappa shape index (κ2) is 6.11. The van der Waals surface area contributed by atoms with Crippen molar-refractivity contribution in [1.82, 2.24) is 0 Å². The lowest BCUT2D eigenvalue weighted by Crippen LogP contribution is -2.12. The molecule has 0 aliphatic rings. The standard InChI is InChI=1S/C13H8BrClN2O4/c14-9-6-7(17(20)21)4-5-10(9)16-13(19)8-2-1-3-11(18)12(8)15/h1-6,18H,(H,16,19). The zero-order chi connectivity index (χ0) is 15.6. The van der Waals surface area contributed by atoms with E-state index in [-0.39, 0.29) is 22.0 Å². The summed E-state index contributed by atoms with van der Waals surface area (Å²) in [5.41, 5.74) is 0.349. The van der Waals surface area contributed by atoms with Crippen LogP contribution >= 0.6 is 27.5 Å². The van der Waals surface area contributed by atoms with Gasteiger partial charge in [-0.2, -0.15) is 0 Å². The van der Waals surface area contributed by atoms with E-state index >= 15 is 0 Å². The van der Waals surface area contributed by atoms with E-state index in [9.17, 15) is 20.0 Å². The average Bonchev–Trinajstić information content (AvgIpc) is 2.43. The first-order valence-electron chi connectivity index (χ1n) is 5.63. The number of benzene rings is 2. The summed E-state index contributed by atoms with van der Waals surface area (Å²) >= 11 is 9.00. The van der Waals surface area contributed by atoms with Gasteiger partial charge < -0.3 is 10.4 Å². The third kappa shape index (κ3) is 3.32. The highest BCUT2D eigenvalue weighted by Gasteiger charge is 2.15. The monoisotopic (exact) mass is 370 g/mol. The summed E-state index contributed by atoms with van der Waals surface area (Å²) in [5.74, 6) is -0.738. The predicted octanol–water partition coefficient (Wildman–Crippen LogP) is 3.97. The number of phenols is 1. The van der Waals surface area contributed by atoms with Crippen LogP contribution in [-0.2, 0) is 0 Å². The van der Waals surface area contributed by atoms with Crippen molar-refractivity contribution in [2.45, 2.75) is 0 Å². The van der Waals surface area contributed by atoms with Crippen molar-refractivity contribution in [3.8, 4) is 5.75 Å². The van der Waals surface area contributed by atoms with Gasteiger partial charge in [-0.1, -0.05) is 17.7 Å². The van der Waals surface area contributed by atoms with E-state index in [0.29, 0.717) is 10.2 Å². The van der Waals surface area contributed by atoms with Crippen LogP contribution in [0, 0.1) is 10.1 Å². The molecule has 6 nitrogen and oxygen atoms in total. The van der Waals surface area contributed by atoms with Gasteiger partial charge in [0.1, 0.15) is 5.75 Å². The molecule has 2 aromatic carbocycles. The second-order valence-corrected chi connectivity index (χ2v) is 5.25.